The summed E-state index contributed by atoms with van der Waals surface area (Å²) in [6.07, 6.45) is 0. The van der Waals surface area contributed by atoms with Crippen LogP contribution in [-0.4, -0.2) is 0 Å². The molecule has 3 heteroatoms. The molecule has 0 saturated heterocycles. The molecule has 0 aromatic heterocycles. The topological polar surface area (TPSA) is 30.5 Å². The summed E-state index contributed by atoms with van der Waals surface area (Å²) in [4.78, 5) is 10.9. The highest BCUT2D eigenvalue weighted by Crippen LogP contribution is 2.21. The van der Waals surface area contributed by atoms with E-state index in [0.717, 1.165) is 10.8 Å². The molecule has 4 rings (SSSR count). The van der Waals surface area contributed by atoms with Gasteiger partial charge in [0, 0.05) is 5.64 Å². The minimum absolute atomic E-state index is 0.699. The molecule has 0 aliphatic rings. The normalized spacial score (nSPS) is 10.8. The van der Waals surface area contributed by atoms with Gasteiger partial charge in [-0.15, -0.1) is 0 Å². The fourth-order valence-corrected chi connectivity index (χ4v) is 2.58. The Hall–Kier alpha value is -3.04. The second-order valence-corrected chi connectivity index (χ2v) is 5.31. The highest BCUT2D eigenvalue weighted by Gasteiger charge is 2.00. The van der Waals surface area contributed by atoms with Gasteiger partial charge in [0.15, 0.2) is 11.5 Å². The highest BCUT2D eigenvalue weighted by molar-refractivity contribution is 5.84. The lowest BCUT2D eigenvalue weighted by Crippen LogP contribution is -2.22. The van der Waals surface area contributed by atoms with E-state index in [1.807, 2.05) is 72.8 Å². The monoisotopic (exact) mass is 301 g/mol. The number of nitrogens with one attached hydrogen (secondary N) is 1. The Morgan fingerprint density at radius 3 is 1.39 bits per heavy atom. The van der Waals surface area contributed by atoms with E-state index in [1.165, 1.54) is 10.8 Å². The number of benzene rings is 4. The van der Waals surface area contributed by atoms with E-state index in [-0.39, 0.29) is 0 Å². The van der Waals surface area contributed by atoms with Gasteiger partial charge in [-0.3, -0.25) is 0 Å². The van der Waals surface area contributed by atoms with Crippen molar-refractivity contribution < 1.29 is 9.68 Å². The fraction of sp³-hybridized carbons (Fsp3) is 0. The van der Waals surface area contributed by atoms with Gasteiger partial charge in [0.1, 0.15) is 0 Å². The van der Waals surface area contributed by atoms with Crippen LogP contribution in [0.5, 0.6) is 11.5 Å². The first kappa shape index (κ1) is 13.6. The van der Waals surface area contributed by atoms with Crippen molar-refractivity contribution in [1.29, 1.82) is 0 Å². The molecular formula is C20H15NO2. The maximum absolute atomic E-state index is 5.46. The number of fused-ring (bicyclic) bond motifs is 2. The summed E-state index contributed by atoms with van der Waals surface area (Å²) in [6.45, 7) is 0. The average molecular weight is 301 g/mol. The van der Waals surface area contributed by atoms with E-state index in [1.54, 1.807) is 0 Å². The Bertz CT molecular complexity index is 886. The Morgan fingerprint density at radius 2 is 0.913 bits per heavy atom. The Labute approximate surface area is 134 Å². The van der Waals surface area contributed by atoms with E-state index < -0.39 is 0 Å². The Balaban J connectivity index is 1.45. The predicted molar refractivity (Wildman–Crippen MR) is 92.3 cm³/mol. The van der Waals surface area contributed by atoms with Crippen molar-refractivity contribution in [3.63, 3.8) is 0 Å². The van der Waals surface area contributed by atoms with Crippen LogP contribution in [0.2, 0.25) is 0 Å². The second kappa shape index (κ2) is 5.99. The first-order chi connectivity index (χ1) is 11.4. The van der Waals surface area contributed by atoms with Crippen molar-refractivity contribution in [3.05, 3.63) is 84.9 Å². The van der Waals surface area contributed by atoms with Crippen LogP contribution < -0.4 is 15.3 Å². The van der Waals surface area contributed by atoms with E-state index in [2.05, 4.69) is 17.8 Å². The standard InChI is InChI=1S/C20H15NO2/c1-3-7-17-13-19(11-9-15(17)5-1)22-21-23-20-12-10-16-6-2-4-8-18(16)14-20/h1-14,21H. The third-order valence-electron chi connectivity index (χ3n) is 3.76. The zero-order valence-electron chi connectivity index (χ0n) is 12.4. The fourth-order valence-electron chi connectivity index (χ4n) is 2.58. The maximum atomic E-state index is 5.46. The molecule has 0 spiro atoms. The summed E-state index contributed by atoms with van der Waals surface area (Å²) in [5.74, 6) is 1.40. The minimum atomic E-state index is 0.699. The van der Waals surface area contributed by atoms with Gasteiger partial charge < -0.3 is 9.68 Å². The van der Waals surface area contributed by atoms with Gasteiger partial charge in [-0.1, -0.05) is 60.7 Å². The lowest BCUT2D eigenvalue weighted by Gasteiger charge is -2.09. The van der Waals surface area contributed by atoms with Crippen LogP contribution in [0.1, 0.15) is 0 Å². The number of rotatable bonds is 4. The average Bonchev–Trinajstić information content (AvgIpc) is 2.61. The number of hydrogen-bond donors (Lipinski definition) is 1. The molecule has 0 fully saturated rings. The smallest absolute Gasteiger partial charge is 0.152 e. The molecule has 0 radical (unpaired) electrons. The lowest BCUT2D eigenvalue weighted by atomic mass is 10.1. The third-order valence-corrected chi connectivity index (χ3v) is 3.76. The molecule has 4 aromatic rings. The van der Waals surface area contributed by atoms with Gasteiger partial charge in [0.05, 0.1) is 0 Å². The van der Waals surface area contributed by atoms with Crippen molar-refractivity contribution in [1.82, 2.24) is 5.64 Å². The molecule has 3 nitrogen and oxygen atoms in total. The summed E-state index contributed by atoms with van der Waals surface area (Å²) in [7, 11) is 0. The Morgan fingerprint density at radius 1 is 0.478 bits per heavy atom. The summed E-state index contributed by atoms with van der Waals surface area (Å²) < 4.78 is 0. The summed E-state index contributed by atoms with van der Waals surface area (Å²) in [5.41, 5.74) is 2.55. The van der Waals surface area contributed by atoms with Crippen LogP contribution in [0, 0.1) is 0 Å². The van der Waals surface area contributed by atoms with E-state index in [9.17, 15) is 0 Å². The highest BCUT2D eigenvalue weighted by atomic mass is 16.9. The Kier molecular flexibility index (Phi) is 3.54. The lowest BCUT2D eigenvalue weighted by molar-refractivity contribution is -0.0189. The van der Waals surface area contributed by atoms with Gasteiger partial charge in [0.25, 0.3) is 0 Å². The number of hydrogen-bond acceptors (Lipinski definition) is 3. The SMILES string of the molecule is c1ccc2cc(ONOc3ccc4ccccc4c3)ccc2c1. The van der Waals surface area contributed by atoms with Gasteiger partial charge in [-0.2, -0.15) is 0 Å². The van der Waals surface area contributed by atoms with Gasteiger partial charge in [0.2, 0.25) is 0 Å². The molecule has 0 aliphatic carbocycles. The predicted octanol–water partition coefficient (Wildman–Crippen LogP) is 4.87. The minimum Gasteiger partial charge on any atom is -0.374 e. The van der Waals surface area contributed by atoms with Crippen LogP contribution in [0.15, 0.2) is 84.9 Å². The molecule has 112 valence electrons. The summed E-state index contributed by atoms with van der Waals surface area (Å²) in [5, 5.41) is 4.60. The molecule has 0 heterocycles. The second-order valence-electron chi connectivity index (χ2n) is 5.31. The zero-order chi connectivity index (χ0) is 15.5. The van der Waals surface area contributed by atoms with Crippen LogP contribution >= 0.6 is 0 Å². The van der Waals surface area contributed by atoms with Gasteiger partial charge >= 0.3 is 0 Å². The summed E-state index contributed by atoms with van der Waals surface area (Å²) in [6, 6.07) is 28.0. The molecule has 0 aliphatic heterocycles. The zero-order valence-corrected chi connectivity index (χ0v) is 12.4. The van der Waals surface area contributed by atoms with Crippen LogP contribution in [0.4, 0.5) is 0 Å². The van der Waals surface area contributed by atoms with Crippen molar-refractivity contribution in [2.45, 2.75) is 0 Å². The van der Waals surface area contributed by atoms with Crippen molar-refractivity contribution >= 4 is 21.5 Å². The van der Waals surface area contributed by atoms with Crippen molar-refractivity contribution in [2.75, 3.05) is 0 Å². The molecule has 0 unspecified atom stereocenters. The molecular weight excluding hydrogens is 286 g/mol. The van der Waals surface area contributed by atoms with Crippen LogP contribution in [0.25, 0.3) is 21.5 Å². The largest absolute Gasteiger partial charge is 0.374 e. The van der Waals surface area contributed by atoms with Crippen LogP contribution in [-0.2, 0) is 0 Å². The molecule has 0 amide bonds. The van der Waals surface area contributed by atoms with Gasteiger partial charge in [-0.05, 0) is 45.8 Å². The molecule has 4 aromatic carbocycles. The van der Waals surface area contributed by atoms with E-state index >= 15 is 0 Å². The molecule has 1 N–H and O–H groups in total. The van der Waals surface area contributed by atoms with E-state index in [4.69, 9.17) is 9.68 Å². The summed E-state index contributed by atoms with van der Waals surface area (Å²) >= 11 is 0. The molecule has 0 saturated carbocycles. The maximum Gasteiger partial charge on any atom is 0.152 e. The van der Waals surface area contributed by atoms with Gasteiger partial charge in [-0.25, -0.2) is 0 Å². The van der Waals surface area contributed by atoms with Crippen molar-refractivity contribution in [2.24, 2.45) is 0 Å². The molecule has 0 atom stereocenters. The first-order valence-corrected chi connectivity index (χ1v) is 7.45. The third kappa shape index (κ3) is 2.96. The van der Waals surface area contributed by atoms with E-state index in [0.29, 0.717) is 11.5 Å². The van der Waals surface area contributed by atoms with Crippen molar-refractivity contribution in [3.8, 4) is 11.5 Å². The first-order valence-electron chi connectivity index (χ1n) is 7.45. The molecule has 0 bridgehead atoms. The quantitative estimate of drug-likeness (QED) is 0.545. The molecule has 23 heavy (non-hydrogen) atoms. The van der Waals surface area contributed by atoms with Crippen LogP contribution in [0.3, 0.4) is 0 Å².